The van der Waals surface area contributed by atoms with Gasteiger partial charge in [0.1, 0.15) is 5.82 Å². The molecule has 4 N–H and O–H groups in total. The lowest BCUT2D eigenvalue weighted by atomic mass is 9.79. The van der Waals surface area contributed by atoms with Crippen LogP contribution in [0.3, 0.4) is 0 Å². The summed E-state index contributed by atoms with van der Waals surface area (Å²) >= 11 is 6.00. The number of nitrogens with one attached hydrogen (secondary N) is 2. The molecule has 0 unspecified atom stereocenters. The number of benzene rings is 2. The van der Waals surface area contributed by atoms with Gasteiger partial charge in [-0.05, 0) is 55.5 Å². The maximum atomic E-state index is 14.2. The molecule has 1 amide bonds. The predicted molar refractivity (Wildman–Crippen MR) is 129 cm³/mol. The zero-order valence-electron chi connectivity index (χ0n) is 19.3. The van der Waals surface area contributed by atoms with E-state index in [1.165, 1.54) is 32.2 Å². The van der Waals surface area contributed by atoms with Crippen molar-refractivity contribution in [2.24, 2.45) is 5.41 Å². The lowest BCUT2D eigenvalue weighted by molar-refractivity contribution is -0.149. The third-order valence-electron chi connectivity index (χ3n) is 5.89. The Balaban J connectivity index is 1.84. The zero-order valence-corrected chi connectivity index (χ0v) is 20.1. The Labute approximate surface area is 207 Å². The average molecular weight is 504 g/mol. The number of aliphatic carboxylic acids is 1. The van der Waals surface area contributed by atoms with E-state index >= 15 is 0 Å². The predicted octanol–water partition coefficient (Wildman–Crippen LogP) is 4.08. The van der Waals surface area contributed by atoms with Gasteiger partial charge in [-0.3, -0.25) is 9.59 Å². The fourth-order valence-electron chi connectivity index (χ4n) is 3.87. The number of carboxylic acid groups (broad SMARTS) is 1. The van der Waals surface area contributed by atoms with E-state index in [-0.39, 0.29) is 25.1 Å². The Morgan fingerprint density at radius 3 is 2.54 bits per heavy atom. The van der Waals surface area contributed by atoms with Crippen LogP contribution in [0.4, 0.5) is 4.39 Å². The number of H-pyrrole nitrogens is 1. The highest BCUT2D eigenvalue weighted by Gasteiger charge is 2.36. The summed E-state index contributed by atoms with van der Waals surface area (Å²) in [5.74, 6) is -1.66. The monoisotopic (exact) mass is 503 g/mol. The van der Waals surface area contributed by atoms with Crippen LogP contribution >= 0.6 is 11.6 Å². The third kappa shape index (κ3) is 6.58. The van der Waals surface area contributed by atoms with Crippen LogP contribution < -0.4 is 10.1 Å². The molecular weight excluding hydrogens is 477 g/mol. The number of methoxy groups -OCH3 is 1. The number of rotatable bonds is 11. The molecule has 0 fully saturated rings. The highest BCUT2D eigenvalue weighted by atomic mass is 35.5. The number of halogens is 2. The van der Waals surface area contributed by atoms with Gasteiger partial charge in [0.05, 0.1) is 12.5 Å². The first-order valence-electron chi connectivity index (χ1n) is 10.9. The van der Waals surface area contributed by atoms with Gasteiger partial charge in [-0.25, -0.2) is 9.49 Å². The van der Waals surface area contributed by atoms with E-state index in [4.69, 9.17) is 16.3 Å². The van der Waals surface area contributed by atoms with E-state index in [2.05, 4.69) is 15.5 Å². The lowest BCUT2D eigenvalue weighted by Crippen LogP contribution is -2.43. The van der Waals surface area contributed by atoms with Gasteiger partial charge >= 0.3 is 5.97 Å². The molecule has 2 atom stereocenters. The molecule has 10 heteroatoms. The molecule has 35 heavy (non-hydrogen) atoms. The molecule has 0 radical (unpaired) electrons. The van der Waals surface area contributed by atoms with Crippen LogP contribution in [-0.4, -0.2) is 52.0 Å². The number of aliphatic hydroxyl groups excluding tert-OH is 1. The number of carbonyl (C=O) groups is 2. The lowest BCUT2D eigenvalue weighted by Gasteiger charge is -2.29. The molecule has 186 valence electrons. The van der Waals surface area contributed by atoms with E-state index < -0.39 is 29.2 Å². The minimum atomic E-state index is -1.26. The number of hydrogen-bond donors (Lipinski definition) is 4. The molecule has 3 rings (SSSR count). The second kappa shape index (κ2) is 11.3. The second-order valence-electron chi connectivity index (χ2n) is 8.56. The molecule has 1 heterocycles. The highest BCUT2D eigenvalue weighted by Crippen LogP contribution is 2.30. The Hall–Kier alpha value is -3.43. The van der Waals surface area contributed by atoms with E-state index in [0.717, 1.165) is 5.56 Å². The molecule has 3 aromatic rings. The smallest absolute Gasteiger partial charge is 0.309 e. The van der Waals surface area contributed by atoms with Crippen molar-refractivity contribution in [3.8, 4) is 17.0 Å². The first kappa shape index (κ1) is 26.2. The topological polar surface area (TPSA) is 125 Å². The molecule has 0 saturated heterocycles. The standard InChI is InChI=1S/C25H27ClFN3O5/c1-25(9-10-31,24(33)34)14-18(28-23(32)21-13-22(35-2)30-29-21)11-15-3-5-16(6-4-15)19-12-17(26)7-8-20(19)27/h3-8,12-13,18,31H,9-11,14H2,1-2H3,(H,28,32)(H,29,30)(H,33,34)/t18-,25-/m1/s1. The van der Waals surface area contributed by atoms with Gasteiger partial charge in [0.25, 0.3) is 5.91 Å². The molecule has 2 aromatic carbocycles. The number of hydrogen-bond acceptors (Lipinski definition) is 5. The fraction of sp³-hybridized carbons (Fsp3) is 0.320. The van der Waals surface area contributed by atoms with Gasteiger partial charge in [-0.1, -0.05) is 35.9 Å². The first-order chi connectivity index (χ1) is 16.6. The minimum absolute atomic E-state index is 0.0257. The number of aromatic nitrogens is 2. The van der Waals surface area contributed by atoms with Crippen molar-refractivity contribution in [1.82, 2.24) is 15.5 Å². The molecule has 0 bridgehead atoms. The normalized spacial score (nSPS) is 13.6. The van der Waals surface area contributed by atoms with E-state index in [1.54, 1.807) is 30.3 Å². The average Bonchev–Trinajstić information content (AvgIpc) is 3.31. The minimum Gasteiger partial charge on any atom is -0.481 e. The molecule has 1 aromatic heterocycles. The summed E-state index contributed by atoms with van der Waals surface area (Å²) < 4.78 is 19.2. The number of amides is 1. The highest BCUT2D eigenvalue weighted by molar-refractivity contribution is 6.30. The number of aliphatic hydroxyl groups is 1. The molecule has 0 aliphatic carbocycles. The summed E-state index contributed by atoms with van der Waals surface area (Å²) in [6.45, 7) is 1.23. The zero-order chi connectivity index (χ0) is 25.6. The van der Waals surface area contributed by atoms with Crippen LogP contribution in [0.2, 0.25) is 5.02 Å². The van der Waals surface area contributed by atoms with Crippen molar-refractivity contribution in [3.05, 3.63) is 70.6 Å². The van der Waals surface area contributed by atoms with Crippen LogP contribution in [0.5, 0.6) is 5.88 Å². The molecule has 8 nitrogen and oxygen atoms in total. The summed E-state index contributed by atoms with van der Waals surface area (Å²) in [5.41, 5.74) is 0.631. The van der Waals surface area contributed by atoms with Gasteiger partial charge in [0.15, 0.2) is 5.69 Å². The van der Waals surface area contributed by atoms with Crippen LogP contribution in [0.1, 0.15) is 35.8 Å². The molecule has 0 aliphatic rings. The Morgan fingerprint density at radius 2 is 1.94 bits per heavy atom. The van der Waals surface area contributed by atoms with Crippen LogP contribution in [-0.2, 0) is 11.2 Å². The maximum Gasteiger partial charge on any atom is 0.309 e. The first-order valence-corrected chi connectivity index (χ1v) is 11.3. The van der Waals surface area contributed by atoms with Crippen LogP contribution in [0.15, 0.2) is 48.5 Å². The van der Waals surface area contributed by atoms with Crippen molar-refractivity contribution in [2.45, 2.75) is 32.2 Å². The summed E-state index contributed by atoms with van der Waals surface area (Å²) in [4.78, 5) is 24.8. The summed E-state index contributed by atoms with van der Waals surface area (Å²) in [7, 11) is 1.43. The maximum absolute atomic E-state index is 14.2. The van der Waals surface area contributed by atoms with Crippen molar-refractivity contribution in [1.29, 1.82) is 0 Å². The summed E-state index contributed by atoms with van der Waals surface area (Å²) in [5, 5.41) is 28.9. The number of nitrogens with zero attached hydrogens (tertiary/aromatic N) is 1. The van der Waals surface area contributed by atoms with E-state index in [0.29, 0.717) is 28.5 Å². The Bertz CT molecular complexity index is 1180. The van der Waals surface area contributed by atoms with Crippen LogP contribution in [0.25, 0.3) is 11.1 Å². The van der Waals surface area contributed by atoms with E-state index in [1.807, 2.05) is 0 Å². The molecule has 0 spiro atoms. The van der Waals surface area contributed by atoms with Gasteiger partial charge < -0.3 is 20.3 Å². The molecular formula is C25H27ClFN3O5. The van der Waals surface area contributed by atoms with E-state index in [9.17, 15) is 24.2 Å². The second-order valence-corrected chi connectivity index (χ2v) is 9.00. The van der Waals surface area contributed by atoms with Crippen molar-refractivity contribution in [2.75, 3.05) is 13.7 Å². The SMILES string of the molecule is COc1cc(C(=O)N[C@H](Cc2ccc(-c3cc(Cl)ccc3F)cc2)C[C@@](C)(CCO)C(=O)O)n[nH]1. The van der Waals surface area contributed by atoms with Gasteiger partial charge in [0, 0.05) is 29.3 Å². The van der Waals surface area contributed by atoms with Crippen molar-refractivity contribution >= 4 is 23.5 Å². The third-order valence-corrected chi connectivity index (χ3v) is 6.13. The molecule has 0 saturated carbocycles. The van der Waals surface area contributed by atoms with Gasteiger partial charge in [0.2, 0.25) is 5.88 Å². The van der Waals surface area contributed by atoms with Crippen molar-refractivity contribution in [3.63, 3.8) is 0 Å². The number of ether oxygens (including phenoxy) is 1. The van der Waals surface area contributed by atoms with Gasteiger partial charge in [-0.2, -0.15) is 5.10 Å². The van der Waals surface area contributed by atoms with Gasteiger partial charge in [-0.15, -0.1) is 0 Å². The van der Waals surface area contributed by atoms with Crippen molar-refractivity contribution < 1.29 is 28.9 Å². The van der Waals surface area contributed by atoms with Crippen LogP contribution in [0, 0.1) is 11.2 Å². The molecule has 0 aliphatic heterocycles. The Morgan fingerprint density at radius 1 is 1.23 bits per heavy atom. The summed E-state index contributed by atoms with van der Waals surface area (Å²) in [6, 6.07) is 12.2. The quantitative estimate of drug-likeness (QED) is 0.312. The largest absolute Gasteiger partial charge is 0.481 e. The number of carboxylic acids is 1. The number of aromatic amines is 1. The fourth-order valence-corrected chi connectivity index (χ4v) is 4.04. The number of carbonyl (C=O) groups excluding carboxylic acids is 1. The Kier molecular flexibility index (Phi) is 8.48. The summed E-state index contributed by atoms with van der Waals surface area (Å²) in [6.07, 6.45) is 0.401.